The van der Waals surface area contributed by atoms with Crippen LogP contribution in [0.15, 0.2) is 12.1 Å². The van der Waals surface area contributed by atoms with E-state index in [-0.39, 0.29) is 5.56 Å². The Balaban J connectivity index is 3.60. The van der Waals surface area contributed by atoms with E-state index in [0.29, 0.717) is 0 Å². The van der Waals surface area contributed by atoms with Crippen LogP contribution in [-0.4, -0.2) is 4.92 Å². The van der Waals surface area contributed by atoms with Crippen LogP contribution in [0.2, 0.25) is 5.02 Å². The Kier molecular flexibility index (Phi) is 2.90. The Morgan fingerprint density at radius 3 is 2.27 bits per heavy atom. The second-order valence-electron chi connectivity index (χ2n) is 2.84. The van der Waals surface area contributed by atoms with Gasteiger partial charge in [-0.15, -0.1) is 0 Å². The molecule has 0 saturated carbocycles. The summed E-state index contributed by atoms with van der Waals surface area (Å²) in [5, 5.41) is 9.82. The van der Waals surface area contributed by atoms with Crippen LogP contribution in [0.25, 0.3) is 0 Å². The molecule has 0 N–H and O–H groups in total. The summed E-state index contributed by atoms with van der Waals surface area (Å²) in [5.74, 6) is 0. The largest absolute Gasteiger partial charge is 0.424 e. The van der Waals surface area contributed by atoms with Gasteiger partial charge >= 0.3 is 6.18 Å². The predicted molar refractivity (Wildman–Crippen MR) is 47.8 cm³/mol. The molecule has 0 aromatic heterocycles. The van der Waals surface area contributed by atoms with Gasteiger partial charge in [0, 0.05) is 5.56 Å². The second kappa shape index (κ2) is 3.69. The molecule has 3 nitrogen and oxygen atoms in total. The van der Waals surface area contributed by atoms with Crippen LogP contribution in [0, 0.1) is 17.0 Å². The van der Waals surface area contributed by atoms with Crippen molar-refractivity contribution in [3.8, 4) is 0 Å². The minimum absolute atomic E-state index is 0.0725. The highest BCUT2D eigenvalue weighted by Gasteiger charge is 2.41. The van der Waals surface area contributed by atoms with Gasteiger partial charge in [-0.3, -0.25) is 10.1 Å². The van der Waals surface area contributed by atoms with Crippen molar-refractivity contribution in [1.82, 2.24) is 0 Å². The number of aryl methyl sites for hydroxylation is 1. The summed E-state index contributed by atoms with van der Waals surface area (Å²) in [5.41, 5.74) is -2.46. The van der Waals surface area contributed by atoms with E-state index in [1.54, 1.807) is 0 Å². The first kappa shape index (κ1) is 11.8. The fraction of sp³-hybridized carbons (Fsp3) is 0.250. The molecule has 0 heterocycles. The summed E-state index contributed by atoms with van der Waals surface area (Å²) >= 11 is 5.31. The molecule has 7 heteroatoms. The standard InChI is InChI=1S/C8H5ClF3NO2/c1-4-2-3-5(9)6(8(10,11)12)7(4)13(14)15/h2-3H,1H3. The van der Waals surface area contributed by atoms with E-state index in [1.165, 1.54) is 13.0 Å². The van der Waals surface area contributed by atoms with E-state index in [0.717, 1.165) is 6.07 Å². The van der Waals surface area contributed by atoms with E-state index in [2.05, 4.69) is 0 Å². The Hall–Kier alpha value is -1.30. The third kappa shape index (κ3) is 2.20. The minimum atomic E-state index is -4.83. The van der Waals surface area contributed by atoms with Crippen molar-refractivity contribution < 1.29 is 18.1 Å². The van der Waals surface area contributed by atoms with E-state index < -0.39 is 27.4 Å². The third-order valence-electron chi connectivity index (χ3n) is 1.79. The van der Waals surface area contributed by atoms with Crippen LogP contribution in [0.1, 0.15) is 11.1 Å². The van der Waals surface area contributed by atoms with Gasteiger partial charge < -0.3 is 0 Å². The van der Waals surface area contributed by atoms with E-state index in [4.69, 9.17) is 11.6 Å². The SMILES string of the molecule is Cc1ccc(Cl)c(C(F)(F)F)c1[N+](=O)[O-]. The van der Waals surface area contributed by atoms with Crippen LogP contribution in [0.3, 0.4) is 0 Å². The summed E-state index contributed by atoms with van der Waals surface area (Å²) in [6, 6.07) is 2.17. The van der Waals surface area contributed by atoms with Gasteiger partial charge in [-0.2, -0.15) is 13.2 Å². The summed E-state index contributed by atoms with van der Waals surface area (Å²) in [6.45, 7) is 1.23. The van der Waals surface area contributed by atoms with Gasteiger partial charge in [-0.05, 0) is 13.0 Å². The zero-order valence-corrected chi connectivity index (χ0v) is 8.19. The summed E-state index contributed by atoms with van der Waals surface area (Å²) < 4.78 is 37.4. The Labute approximate surface area is 87.6 Å². The van der Waals surface area contributed by atoms with Gasteiger partial charge in [0.2, 0.25) is 0 Å². The van der Waals surface area contributed by atoms with Crippen LogP contribution in [-0.2, 0) is 6.18 Å². The highest BCUT2D eigenvalue weighted by Crippen LogP contribution is 2.42. The average molecular weight is 240 g/mol. The quantitative estimate of drug-likeness (QED) is 0.555. The Morgan fingerprint density at radius 1 is 1.40 bits per heavy atom. The lowest BCUT2D eigenvalue weighted by Gasteiger charge is -2.10. The van der Waals surface area contributed by atoms with Crippen molar-refractivity contribution >= 4 is 17.3 Å². The number of nitro groups is 1. The smallest absolute Gasteiger partial charge is 0.258 e. The lowest BCUT2D eigenvalue weighted by atomic mass is 10.1. The molecule has 0 aliphatic carbocycles. The number of hydrogen-bond acceptors (Lipinski definition) is 2. The molecule has 1 aromatic carbocycles. The van der Waals surface area contributed by atoms with Crippen LogP contribution >= 0.6 is 11.6 Å². The highest BCUT2D eigenvalue weighted by molar-refractivity contribution is 6.31. The number of alkyl halides is 3. The summed E-state index contributed by atoms with van der Waals surface area (Å²) in [7, 11) is 0. The van der Waals surface area contributed by atoms with Gasteiger partial charge in [0.25, 0.3) is 5.69 Å². The van der Waals surface area contributed by atoms with Gasteiger partial charge in [0.1, 0.15) is 0 Å². The maximum atomic E-state index is 12.5. The minimum Gasteiger partial charge on any atom is -0.258 e. The fourth-order valence-corrected chi connectivity index (χ4v) is 1.44. The van der Waals surface area contributed by atoms with Gasteiger partial charge in [-0.25, -0.2) is 0 Å². The molecule has 82 valence electrons. The maximum Gasteiger partial charge on any atom is 0.424 e. The maximum absolute atomic E-state index is 12.5. The predicted octanol–water partition coefficient (Wildman–Crippen LogP) is 3.58. The first-order chi connectivity index (χ1) is 6.75. The van der Waals surface area contributed by atoms with E-state index in [1.807, 2.05) is 0 Å². The summed E-state index contributed by atoms with van der Waals surface area (Å²) in [4.78, 5) is 9.41. The van der Waals surface area contributed by atoms with E-state index >= 15 is 0 Å². The van der Waals surface area contributed by atoms with Crippen LogP contribution in [0.5, 0.6) is 0 Å². The van der Waals surface area contributed by atoms with Crippen molar-refractivity contribution in [3.63, 3.8) is 0 Å². The molecule has 0 spiro atoms. The zero-order chi connectivity index (χ0) is 11.8. The average Bonchev–Trinajstić information content (AvgIpc) is 2.05. The van der Waals surface area contributed by atoms with Crippen LogP contribution < -0.4 is 0 Å². The number of nitro benzene ring substituents is 1. The number of halogens is 4. The first-order valence-electron chi connectivity index (χ1n) is 3.76. The van der Waals surface area contributed by atoms with Gasteiger partial charge in [0.15, 0.2) is 5.56 Å². The van der Waals surface area contributed by atoms with Crippen molar-refractivity contribution in [2.24, 2.45) is 0 Å². The zero-order valence-electron chi connectivity index (χ0n) is 7.43. The van der Waals surface area contributed by atoms with Crippen molar-refractivity contribution in [2.75, 3.05) is 0 Å². The lowest BCUT2D eigenvalue weighted by Crippen LogP contribution is -2.10. The van der Waals surface area contributed by atoms with Crippen LogP contribution in [0.4, 0.5) is 18.9 Å². The summed E-state index contributed by atoms with van der Waals surface area (Å²) in [6.07, 6.45) is -4.83. The molecule has 0 aliphatic rings. The molecule has 0 radical (unpaired) electrons. The van der Waals surface area contributed by atoms with Gasteiger partial charge in [-0.1, -0.05) is 17.7 Å². The third-order valence-corrected chi connectivity index (χ3v) is 2.11. The Morgan fingerprint density at radius 2 is 1.93 bits per heavy atom. The molecule has 1 rings (SSSR count). The topological polar surface area (TPSA) is 43.1 Å². The fourth-order valence-electron chi connectivity index (χ4n) is 1.18. The molecule has 0 aliphatic heterocycles. The van der Waals surface area contributed by atoms with Crippen molar-refractivity contribution in [2.45, 2.75) is 13.1 Å². The first-order valence-corrected chi connectivity index (χ1v) is 4.13. The number of hydrogen-bond donors (Lipinski definition) is 0. The lowest BCUT2D eigenvalue weighted by molar-refractivity contribution is -0.388. The Bertz CT molecular complexity index is 417. The molecule has 0 fully saturated rings. The van der Waals surface area contributed by atoms with Crippen molar-refractivity contribution in [3.05, 3.63) is 38.4 Å². The molecular weight excluding hydrogens is 235 g/mol. The molecule has 0 bridgehead atoms. The molecule has 1 aromatic rings. The highest BCUT2D eigenvalue weighted by atomic mass is 35.5. The number of benzene rings is 1. The molecule has 0 saturated heterocycles. The normalized spacial score (nSPS) is 11.5. The molecule has 0 unspecified atom stereocenters. The molecule has 0 atom stereocenters. The number of rotatable bonds is 1. The van der Waals surface area contributed by atoms with Gasteiger partial charge in [0.05, 0.1) is 9.95 Å². The van der Waals surface area contributed by atoms with E-state index in [9.17, 15) is 23.3 Å². The second-order valence-corrected chi connectivity index (χ2v) is 3.25. The molecule has 0 amide bonds. The molecule has 15 heavy (non-hydrogen) atoms. The molecular formula is C8H5ClF3NO2. The monoisotopic (exact) mass is 239 g/mol. The van der Waals surface area contributed by atoms with Crippen molar-refractivity contribution in [1.29, 1.82) is 0 Å². The number of nitrogens with zero attached hydrogens (tertiary/aromatic N) is 1.